The average molecular weight is 211 g/mol. The lowest BCUT2D eigenvalue weighted by molar-refractivity contribution is 0.0422. The van der Waals surface area contributed by atoms with Gasteiger partial charge in [0, 0.05) is 18.5 Å². The fourth-order valence-corrected chi connectivity index (χ4v) is 1.73. The van der Waals surface area contributed by atoms with Crippen molar-refractivity contribution >= 4 is 15.9 Å². The zero-order valence-corrected chi connectivity index (χ0v) is 7.44. The predicted molar refractivity (Wildman–Crippen MR) is 42.2 cm³/mol. The average Bonchev–Trinajstić information content (AvgIpc) is 2.05. The van der Waals surface area contributed by atoms with Gasteiger partial charge >= 0.3 is 0 Å². The van der Waals surface area contributed by atoms with Gasteiger partial charge in [-0.2, -0.15) is 0 Å². The van der Waals surface area contributed by atoms with Gasteiger partial charge in [-0.3, -0.25) is 0 Å². The highest BCUT2D eigenvalue weighted by atomic mass is 79.9. The van der Waals surface area contributed by atoms with Crippen LogP contribution >= 0.6 is 15.9 Å². The zero-order valence-electron chi connectivity index (χ0n) is 5.85. The molecule has 1 atom stereocenters. The summed E-state index contributed by atoms with van der Waals surface area (Å²) in [5.74, 6) is 0.230. The van der Waals surface area contributed by atoms with Gasteiger partial charge in [-0.1, -0.05) is 15.9 Å². The van der Waals surface area contributed by atoms with Gasteiger partial charge in [0.2, 0.25) is 0 Å². The molecule has 0 spiro atoms. The summed E-state index contributed by atoms with van der Waals surface area (Å²) in [4.78, 5) is 0. The Morgan fingerprint density at radius 1 is 1.50 bits per heavy atom. The minimum Gasteiger partial charge on any atom is -0.381 e. The molecule has 1 heterocycles. The lowest BCUT2D eigenvalue weighted by Crippen LogP contribution is -2.25. The van der Waals surface area contributed by atoms with Crippen LogP contribution in [0.2, 0.25) is 0 Å². The summed E-state index contributed by atoms with van der Waals surface area (Å²) >= 11 is 3.13. The molecule has 0 N–H and O–H groups in total. The highest BCUT2D eigenvalue weighted by molar-refractivity contribution is 9.09. The molecule has 1 unspecified atom stereocenters. The van der Waals surface area contributed by atoms with Crippen molar-refractivity contribution in [1.82, 2.24) is 0 Å². The third-order valence-electron chi connectivity index (χ3n) is 1.92. The topological polar surface area (TPSA) is 9.23 Å². The normalized spacial score (nSPS) is 24.6. The van der Waals surface area contributed by atoms with Crippen LogP contribution in [0.4, 0.5) is 4.39 Å². The molecule has 0 aromatic rings. The van der Waals surface area contributed by atoms with E-state index in [1.54, 1.807) is 0 Å². The van der Waals surface area contributed by atoms with Crippen LogP contribution < -0.4 is 0 Å². The van der Waals surface area contributed by atoms with E-state index in [1.165, 1.54) is 0 Å². The summed E-state index contributed by atoms with van der Waals surface area (Å²) < 4.78 is 18.0. The van der Waals surface area contributed by atoms with E-state index in [1.807, 2.05) is 0 Å². The van der Waals surface area contributed by atoms with Gasteiger partial charge < -0.3 is 4.74 Å². The number of alkyl halides is 2. The minimum absolute atomic E-state index is 0.230. The molecule has 1 aliphatic rings. The van der Waals surface area contributed by atoms with E-state index in [2.05, 4.69) is 15.9 Å². The highest BCUT2D eigenvalue weighted by Gasteiger charge is 2.22. The molecular formula is C7H12BrFO. The summed E-state index contributed by atoms with van der Waals surface area (Å²) in [5.41, 5.74) is 0. The second-order valence-electron chi connectivity index (χ2n) is 2.62. The molecule has 0 aliphatic carbocycles. The van der Waals surface area contributed by atoms with Gasteiger partial charge in [-0.05, 0) is 18.8 Å². The van der Waals surface area contributed by atoms with E-state index in [-0.39, 0.29) is 5.92 Å². The molecule has 0 amide bonds. The summed E-state index contributed by atoms with van der Waals surface area (Å²) in [5, 5.41) is 0.470. The van der Waals surface area contributed by atoms with Crippen LogP contribution in [0.5, 0.6) is 0 Å². The van der Waals surface area contributed by atoms with Crippen molar-refractivity contribution in [3.8, 4) is 0 Å². The molecule has 1 fully saturated rings. The maximum atomic E-state index is 12.9. The third-order valence-corrected chi connectivity index (χ3v) is 2.54. The van der Waals surface area contributed by atoms with Crippen molar-refractivity contribution < 1.29 is 9.13 Å². The lowest BCUT2D eigenvalue weighted by Gasteiger charge is -2.23. The fourth-order valence-electron chi connectivity index (χ4n) is 1.20. The van der Waals surface area contributed by atoms with Crippen LogP contribution in [0.15, 0.2) is 0 Å². The van der Waals surface area contributed by atoms with E-state index in [0.29, 0.717) is 5.33 Å². The van der Waals surface area contributed by atoms with Crippen LogP contribution in [0, 0.1) is 5.92 Å². The second-order valence-corrected chi connectivity index (χ2v) is 3.27. The van der Waals surface area contributed by atoms with Crippen LogP contribution in [-0.4, -0.2) is 24.7 Å². The molecule has 1 aliphatic heterocycles. The molecule has 0 aromatic carbocycles. The lowest BCUT2D eigenvalue weighted by atomic mass is 9.96. The van der Waals surface area contributed by atoms with Gasteiger partial charge in [-0.25, -0.2) is 4.39 Å². The molecular weight excluding hydrogens is 199 g/mol. The molecule has 1 rings (SSSR count). The SMILES string of the molecule is FC(CBr)C1CCOCC1. The van der Waals surface area contributed by atoms with E-state index in [4.69, 9.17) is 4.74 Å². The summed E-state index contributed by atoms with van der Waals surface area (Å²) in [6, 6.07) is 0. The molecule has 10 heavy (non-hydrogen) atoms. The molecule has 1 saturated heterocycles. The molecule has 60 valence electrons. The van der Waals surface area contributed by atoms with Gasteiger partial charge in [0.05, 0.1) is 0 Å². The molecule has 3 heteroatoms. The van der Waals surface area contributed by atoms with Crippen molar-refractivity contribution in [2.75, 3.05) is 18.5 Å². The predicted octanol–water partition coefficient (Wildman–Crippen LogP) is 2.15. The van der Waals surface area contributed by atoms with Crippen LogP contribution in [0.3, 0.4) is 0 Å². The fraction of sp³-hybridized carbons (Fsp3) is 1.00. The monoisotopic (exact) mass is 210 g/mol. The Bertz CT molecular complexity index is 93.6. The maximum Gasteiger partial charge on any atom is 0.113 e. The Morgan fingerprint density at radius 2 is 2.10 bits per heavy atom. The first-order valence-corrected chi connectivity index (χ1v) is 4.74. The van der Waals surface area contributed by atoms with Crippen LogP contribution in [0.1, 0.15) is 12.8 Å². The van der Waals surface area contributed by atoms with Crippen molar-refractivity contribution in [2.45, 2.75) is 19.0 Å². The third kappa shape index (κ3) is 2.20. The van der Waals surface area contributed by atoms with Crippen molar-refractivity contribution in [3.63, 3.8) is 0 Å². The quantitative estimate of drug-likeness (QED) is 0.636. The van der Waals surface area contributed by atoms with E-state index < -0.39 is 6.17 Å². The Labute approximate surface area is 69.1 Å². The molecule has 0 radical (unpaired) electrons. The van der Waals surface area contributed by atoms with Crippen molar-refractivity contribution in [1.29, 1.82) is 0 Å². The minimum atomic E-state index is -0.677. The first-order chi connectivity index (χ1) is 4.84. The maximum absolute atomic E-state index is 12.9. The Balaban J connectivity index is 2.24. The second kappa shape index (κ2) is 4.29. The van der Waals surface area contributed by atoms with E-state index >= 15 is 0 Å². The Hall–Kier alpha value is 0.370. The van der Waals surface area contributed by atoms with Crippen molar-refractivity contribution in [2.24, 2.45) is 5.92 Å². The number of halogens is 2. The van der Waals surface area contributed by atoms with Crippen molar-refractivity contribution in [3.05, 3.63) is 0 Å². The van der Waals surface area contributed by atoms with Gasteiger partial charge in [0.1, 0.15) is 6.17 Å². The van der Waals surface area contributed by atoms with Gasteiger partial charge in [-0.15, -0.1) is 0 Å². The van der Waals surface area contributed by atoms with E-state index in [9.17, 15) is 4.39 Å². The van der Waals surface area contributed by atoms with Crippen LogP contribution in [0.25, 0.3) is 0 Å². The van der Waals surface area contributed by atoms with Gasteiger partial charge in [0.15, 0.2) is 0 Å². The number of rotatable bonds is 2. The molecule has 0 aromatic heterocycles. The molecule has 1 nitrogen and oxygen atoms in total. The first-order valence-electron chi connectivity index (χ1n) is 3.62. The Kier molecular flexibility index (Phi) is 3.63. The number of hydrogen-bond donors (Lipinski definition) is 0. The molecule has 0 bridgehead atoms. The van der Waals surface area contributed by atoms with E-state index in [0.717, 1.165) is 26.1 Å². The number of hydrogen-bond acceptors (Lipinski definition) is 1. The first kappa shape index (κ1) is 8.47. The zero-order chi connectivity index (χ0) is 7.40. The van der Waals surface area contributed by atoms with Gasteiger partial charge in [0.25, 0.3) is 0 Å². The summed E-state index contributed by atoms with van der Waals surface area (Å²) in [6.07, 6.45) is 1.09. The summed E-state index contributed by atoms with van der Waals surface area (Å²) in [6.45, 7) is 1.47. The van der Waals surface area contributed by atoms with Crippen LogP contribution in [-0.2, 0) is 4.74 Å². The number of ether oxygens (including phenoxy) is 1. The smallest absolute Gasteiger partial charge is 0.113 e. The Morgan fingerprint density at radius 3 is 2.60 bits per heavy atom. The highest BCUT2D eigenvalue weighted by Crippen LogP contribution is 2.21. The summed E-state index contributed by atoms with van der Waals surface area (Å²) in [7, 11) is 0. The standard InChI is InChI=1S/C7H12BrFO/c8-5-7(9)6-1-3-10-4-2-6/h6-7H,1-5H2. The molecule has 0 saturated carbocycles. The largest absolute Gasteiger partial charge is 0.381 e.